The Morgan fingerprint density at radius 1 is 1.29 bits per heavy atom. The van der Waals surface area contributed by atoms with E-state index in [0.29, 0.717) is 6.42 Å². The molecule has 0 unspecified atom stereocenters. The van der Waals surface area contributed by atoms with E-state index in [2.05, 4.69) is 20.7 Å². The Kier molecular flexibility index (Phi) is 6.74. The summed E-state index contributed by atoms with van der Waals surface area (Å²) in [6, 6.07) is 8.40. The predicted octanol–water partition coefficient (Wildman–Crippen LogP) is -0.245. The van der Waals surface area contributed by atoms with Gasteiger partial charge in [-0.25, -0.2) is 0 Å². The Morgan fingerprint density at radius 3 is 2.67 bits per heavy atom. The summed E-state index contributed by atoms with van der Waals surface area (Å²) < 4.78 is 4.51. The SMILES string of the molecule is COC(=O)CNC(=O)[C@H](Cc1ccccc1)NC(=O)[C@@H]1CCCN1. The van der Waals surface area contributed by atoms with Crippen molar-refractivity contribution in [3.63, 3.8) is 0 Å². The Balaban J connectivity index is 2.00. The van der Waals surface area contributed by atoms with Gasteiger partial charge in [-0.3, -0.25) is 14.4 Å². The van der Waals surface area contributed by atoms with E-state index in [1.165, 1.54) is 7.11 Å². The average Bonchev–Trinajstić information content (AvgIpc) is 3.14. The zero-order chi connectivity index (χ0) is 17.4. The molecule has 7 heteroatoms. The van der Waals surface area contributed by atoms with Crippen LogP contribution in [0.3, 0.4) is 0 Å². The van der Waals surface area contributed by atoms with Crippen LogP contribution < -0.4 is 16.0 Å². The van der Waals surface area contributed by atoms with Crippen LogP contribution in [0.15, 0.2) is 30.3 Å². The quantitative estimate of drug-likeness (QED) is 0.598. The lowest BCUT2D eigenvalue weighted by Crippen LogP contribution is -2.53. The molecule has 3 N–H and O–H groups in total. The summed E-state index contributed by atoms with van der Waals surface area (Å²) >= 11 is 0. The molecule has 2 rings (SSSR count). The largest absolute Gasteiger partial charge is 0.468 e. The monoisotopic (exact) mass is 333 g/mol. The molecule has 1 aromatic rings. The maximum absolute atomic E-state index is 12.4. The molecule has 1 fully saturated rings. The maximum atomic E-state index is 12.4. The van der Waals surface area contributed by atoms with E-state index in [1.807, 2.05) is 30.3 Å². The number of methoxy groups -OCH3 is 1. The summed E-state index contributed by atoms with van der Waals surface area (Å²) in [6.45, 7) is 0.578. The Labute approximate surface area is 141 Å². The van der Waals surface area contributed by atoms with Crippen LogP contribution in [0, 0.1) is 0 Å². The first-order chi connectivity index (χ1) is 11.6. The molecule has 2 amide bonds. The number of carbonyl (C=O) groups is 3. The lowest BCUT2D eigenvalue weighted by molar-refractivity contribution is -0.141. The van der Waals surface area contributed by atoms with E-state index in [-0.39, 0.29) is 18.5 Å². The molecule has 0 aliphatic carbocycles. The highest BCUT2D eigenvalue weighted by atomic mass is 16.5. The molecular weight excluding hydrogens is 310 g/mol. The van der Waals surface area contributed by atoms with Gasteiger partial charge in [0.25, 0.3) is 0 Å². The number of hydrogen-bond donors (Lipinski definition) is 3. The molecule has 1 aromatic carbocycles. The zero-order valence-electron chi connectivity index (χ0n) is 13.7. The molecule has 1 aliphatic rings. The van der Waals surface area contributed by atoms with Crippen molar-refractivity contribution >= 4 is 17.8 Å². The van der Waals surface area contributed by atoms with Crippen LogP contribution >= 0.6 is 0 Å². The molecule has 1 aliphatic heterocycles. The molecule has 0 spiro atoms. The van der Waals surface area contributed by atoms with E-state index >= 15 is 0 Å². The Morgan fingerprint density at radius 2 is 2.04 bits per heavy atom. The molecule has 0 bridgehead atoms. The fraction of sp³-hybridized carbons (Fsp3) is 0.471. The Hall–Kier alpha value is -2.41. The maximum Gasteiger partial charge on any atom is 0.325 e. The van der Waals surface area contributed by atoms with Crippen molar-refractivity contribution in [2.75, 3.05) is 20.2 Å². The van der Waals surface area contributed by atoms with E-state index in [4.69, 9.17) is 0 Å². The first-order valence-electron chi connectivity index (χ1n) is 8.02. The van der Waals surface area contributed by atoms with Gasteiger partial charge in [0.2, 0.25) is 11.8 Å². The molecule has 2 atom stereocenters. The summed E-state index contributed by atoms with van der Waals surface area (Å²) in [7, 11) is 1.25. The number of carbonyl (C=O) groups excluding carboxylic acids is 3. The summed E-state index contributed by atoms with van der Waals surface area (Å²) in [5.74, 6) is -1.14. The van der Waals surface area contributed by atoms with Gasteiger partial charge in [-0.15, -0.1) is 0 Å². The van der Waals surface area contributed by atoms with E-state index in [1.54, 1.807) is 0 Å². The number of nitrogens with one attached hydrogen (secondary N) is 3. The molecule has 7 nitrogen and oxygen atoms in total. The summed E-state index contributed by atoms with van der Waals surface area (Å²) in [5, 5.41) is 8.39. The molecule has 1 saturated heterocycles. The van der Waals surface area contributed by atoms with Crippen molar-refractivity contribution in [2.45, 2.75) is 31.3 Å². The van der Waals surface area contributed by atoms with Gasteiger partial charge in [0.15, 0.2) is 0 Å². The van der Waals surface area contributed by atoms with Gasteiger partial charge in [-0.05, 0) is 24.9 Å². The van der Waals surface area contributed by atoms with Gasteiger partial charge in [0.05, 0.1) is 13.2 Å². The lowest BCUT2D eigenvalue weighted by atomic mass is 10.0. The van der Waals surface area contributed by atoms with Gasteiger partial charge >= 0.3 is 5.97 Å². The fourth-order valence-electron chi connectivity index (χ4n) is 2.59. The van der Waals surface area contributed by atoms with Crippen LogP contribution in [0.4, 0.5) is 0 Å². The molecule has 1 heterocycles. The lowest BCUT2D eigenvalue weighted by Gasteiger charge is -2.20. The number of rotatable bonds is 7. The minimum atomic E-state index is -0.744. The second-order valence-corrected chi connectivity index (χ2v) is 5.69. The number of esters is 1. The van der Waals surface area contributed by atoms with E-state index in [9.17, 15) is 14.4 Å². The van der Waals surface area contributed by atoms with E-state index < -0.39 is 17.9 Å². The molecule has 0 saturated carbocycles. The average molecular weight is 333 g/mol. The number of ether oxygens (including phenoxy) is 1. The molecule has 0 aromatic heterocycles. The minimum Gasteiger partial charge on any atom is -0.468 e. The third-order valence-electron chi connectivity index (χ3n) is 3.93. The highest BCUT2D eigenvalue weighted by molar-refractivity contribution is 5.91. The van der Waals surface area contributed by atoms with Crippen molar-refractivity contribution in [3.05, 3.63) is 35.9 Å². The van der Waals surface area contributed by atoms with Gasteiger partial charge in [0.1, 0.15) is 12.6 Å². The molecule has 24 heavy (non-hydrogen) atoms. The standard InChI is InChI=1S/C17H23N3O4/c1-24-15(21)11-19-16(22)14(10-12-6-3-2-4-7-12)20-17(23)13-8-5-9-18-13/h2-4,6-7,13-14,18H,5,8-11H2,1H3,(H,19,22)(H,20,23)/t13-,14-/m0/s1. The molecular formula is C17H23N3O4. The number of hydrogen-bond acceptors (Lipinski definition) is 5. The predicted molar refractivity (Wildman–Crippen MR) is 88.1 cm³/mol. The minimum absolute atomic E-state index is 0.193. The van der Waals surface area contributed by atoms with Crippen molar-refractivity contribution in [2.24, 2.45) is 0 Å². The number of benzene rings is 1. The first kappa shape index (κ1) is 17.9. The zero-order valence-corrected chi connectivity index (χ0v) is 13.7. The van der Waals surface area contributed by atoms with Crippen LogP contribution in [-0.2, 0) is 25.5 Å². The van der Waals surface area contributed by atoms with Crippen LogP contribution in [-0.4, -0.2) is 50.1 Å². The van der Waals surface area contributed by atoms with Gasteiger partial charge in [-0.2, -0.15) is 0 Å². The van der Waals surface area contributed by atoms with E-state index in [0.717, 1.165) is 24.9 Å². The van der Waals surface area contributed by atoms with Crippen molar-refractivity contribution < 1.29 is 19.1 Å². The van der Waals surface area contributed by atoms with Gasteiger partial charge < -0.3 is 20.7 Å². The summed E-state index contributed by atoms with van der Waals surface area (Å²) in [6.07, 6.45) is 2.05. The first-order valence-corrected chi connectivity index (χ1v) is 8.02. The number of amides is 2. The van der Waals surface area contributed by atoms with Crippen molar-refractivity contribution in [3.8, 4) is 0 Å². The van der Waals surface area contributed by atoms with Crippen LogP contribution in [0.25, 0.3) is 0 Å². The third kappa shape index (κ3) is 5.34. The summed E-state index contributed by atoms with van der Waals surface area (Å²) in [5.41, 5.74) is 0.926. The van der Waals surface area contributed by atoms with Gasteiger partial charge in [0, 0.05) is 6.42 Å². The van der Waals surface area contributed by atoms with Gasteiger partial charge in [-0.1, -0.05) is 30.3 Å². The highest BCUT2D eigenvalue weighted by Crippen LogP contribution is 2.07. The van der Waals surface area contributed by atoms with Crippen LogP contribution in [0.1, 0.15) is 18.4 Å². The summed E-state index contributed by atoms with van der Waals surface area (Å²) in [4.78, 5) is 35.9. The van der Waals surface area contributed by atoms with Crippen molar-refractivity contribution in [1.29, 1.82) is 0 Å². The fourth-order valence-corrected chi connectivity index (χ4v) is 2.59. The molecule has 0 radical (unpaired) electrons. The third-order valence-corrected chi connectivity index (χ3v) is 3.93. The molecule has 130 valence electrons. The normalized spacial score (nSPS) is 17.8. The topological polar surface area (TPSA) is 96.5 Å². The highest BCUT2D eigenvalue weighted by Gasteiger charge is 2.27. The Bertz CT molecular complexity index is 570. The van der Waals surface area contributed by atoms with Crippen molar-refractivity contribution in [1.82, 2.24) is 16.0 Å². The smallest absolute Gasteiger partial charge is 0.325 e. The second-order valence-electron chi connectivity index (χ2n) is 5.69. The second kappa shape index (κ2) is 9.02. The van der Waals surface area contributed by atoms with Crippen LogP contribution in [0.2, 0.25) is 0 Å². The van der Waals surface area contributed by atoms with Crippen LogP contribution in [0.5, 0.6) is 0 Å².